The summed E-state index contributed by atoms with van der Waals surface area (Å²) < 4.78 is 32.1. The molecule has 2 aliphatic rings. The molecule has 6 heteroatoms. The summed E-state index contributed by atoms with van der Waals surface area (Å²) in [6.07, 6.45) is 4.87. The standard InChI is InChI=1S/C11H22N2O3S/c14-17(15,11-4-2-1-3-5-11)13-8-10-9-16-7-6-12-10/h10-13H,1-9H2. The maximum absolute atomic E-state index is 12.0. The Labute approximate surface area is 103 Å². The Kier molecular flexibility index (Phi) is 4.78. The van der Waals surface area contributed by atoms with E-state index < -0.39 is 10.0 Å². The fraction of sp³-hybridized carbons (Fsp3) is 1.00. The number of rotatable bonds is 4. The van der Waals surface area contributed by atoms with Gasteiger partial charge in [-0.1, -0.05) is 19.3 Å². The fourth-order valence-corrected chi connectivity index (χ4v) is 4.08. The van der Waals surface area contributed by atoms with E-state index in [-0.39, 0.29) is 11.3 Å². The smallest absolute Gasteiger partial charge is 0.214 e. The molecule has 0 aromatic carbocycles. The van der Waals surface area contributed by atoms with Crippen LogP contribution in [0.4, 0.5) is 0 Å². The molecule has 100 valence electrons. The van der Waals surface area contributed by atoms with E-state index in [9.17, 15) is 8.42 Å². The van der Waals surface area contributed by atoms with Crippen molar-refractivity contribution < 1.29 is 13.2 Å². The lowest BCUT2D eigenvalue weighted by molar-refractivity contribution is 0.0783. The maximum atomic E-state index is 12.0. The Morgan fingerprint density at radius 2 is 2.00 bits per heavy atom. The lowest BCUT2D eigenvalue weighted by atomic mass is 10.0. The minimum atomic E-state index is -3.13. The predicted octanol–water partition coefficient (Wildman–Crippen LogP) is 0.227. The van der Waals surface area contributed by atoms with Crippen LogP contribution in [0, 0.1) is 0 Å². The Bertz CT molecular complexity index is 320. The molecular formula is C11H22N2O3S. The first-order chi connectivity index (χ1) is 8.18. The minimum Gasteiger partial charge on any atom is -0.378 e. The summed E-state index contributed by atoms with van der Waals surface area (Å²) in [7, 11) is -3.13. The summed E-state index contributed by atoms with van der Waals surface area (Å²) in [5.74, 6) is 0. The van der Waals surface area contributed by atoms with E-state index in [1.54, 1.807) is 0 Å². The normalized spacial score (nSPS) is 28.1. The molecule has 1 atom stereocenters. The van der Waals surface area contributed by atoms with Gasteiger partial charge in [-0.3, -0.25) is 0 Å². The van der Waals surface area contributed by atoms with Crippen molar-refractivity contribution in [1.29, 1.82) is 0 Å². The number of hydrogen-bond acceptors (Lipinski definition) is 4. The Morgan fingerprint density at radius 3 is 2.65 bits per heavy atom. The van der Waals surface area contributed by atoms with Gasteiger partial charge in [0.25, 0.3) is 0 Å². The molecular weight excluding hydrogens is 240 g/mol. The van der Waals surface area contributed by atoms with Gasteiger partial charge in [-0.05, 0) is 12.8 Å². The van der Waals surface area contributed by atoms with Crippen molar-refractivity contribution in [3.05, 3.63) is 0 Å². The van der Waals surface area contributed by atoms with E-state index in [2.05, 4.69) is 10.0 Å². The van der Waals surface area contributed by atoms with Crippen molar-refractivity contribution in [3.8, 4) is 0 Å². The number of sulfonamides is 1. The van der Waals surface area contributed by atoms with Gasteiger partial charge in [-0.15, -0.1) is 0 Å². The molecule has 2 fully saturated rings. The van der Waals surface area contributed by atoms with E-state index in [4.69, 9.17) is 4.74 Å². The van der Waals surface area contributed by atoms with Crippen molar-refractivity contribution in [1.82, 2.24) is 10.0 Å². The molecule has 1 saturated carbocycles. The van der Waals surface area contributed by atoms with Crippen LogP contribution in [0.25, 0.3) is 0 Å². The molecule has 1 aliphatic heterocycles. The first kappa shape index (κ1) is 13.3. The van der Waals surface area contributed by atoms with Gasteiger partial charge < -0.3 is 10.1 Å². The third-order valence-electron chi connectivity index (χ3n) is 3.52. The molecule has 1 aliphatic carbocycles. The highest BCUT2D eigenvalue weighted by atomic mass is 32.2. The van der Waals surface area contributed by atoms with Crippen molar-refractivity contribution >= 4 is 10.0 Å². The molecule has 0 amide bonds. The Hall–Kier alpha value is -0.170. The average Bonchev–Trinajstić information content (AvgIpc) is 2.39. The van der Waals surface area contributed by atoms with E-state index in [1.165, 1.54) is 6.42 Å². The third kappa shape index (κ3) is 3.91. The summed E-state index contributed by atoms with van der Waals surface area (Å²) in [6.45, 7) is 2.55. The van der Waals surface area contributed by atoms with Gasteiger partial charge in [0.2, 0.25) is 10.0 Å². The highest BCUT2D eigenvalue weighted by Gasteiger charge is 2.27. The lowest BCUT2D eigenvalue weighted by Gasteiger charge is -2.26. The van der Waals surface area contributed by atoms with Crippen LogP contribution in [0.3, 0.4) is 0 Å². The van der Waals surface area contributed by atoms with E-state index in [0.717, 1.165) is 32.2 Å². The summed E-state index contributed by atoms with van der Waals surface area (Å²) in [5.41, 5.74) is 0. The molecule has 0 spiro atoms. The van der Waals surface area contributed by atoms with Gasteiger partial charge in [0.05, 0.1) is 18.5 Å². The second-order valence-corrected chi connectivity index (χ2v) is 6.92. The van der Waals surface area contributed by atoms with Crippen molar-refractivity contribution in [2.24, 2.45) is 0 Å². The SMILES string of the molecule is O=S(=O)(NCC1COCCN1)C1CCCCC1. The molecule has 17 heavy (non-hydrogen) atoms. The molecule has 1 unspecified atom stereocenters. The third-order valence-corrected chi connectivity index (χ3v) is 5.44. The van der Waals surface area contributed by atoms with Gasteiger partial charge in [-0.2, -0.15) is 0 Å². The van der Waals surface area contributed by atoms with Gasteiger partial charge >= 0.3 is 0 Å². The van der Waals surface area contributed by atoms with Crippen LogP contribution in [0.2, 0.25) is 0 Å². The summed E-state index contributed by atoms with van der Waals surface area (Å²) in [5, 5.41) is 3.06. The first-order valence-electron chi connectivity index (χ1n) is 6.48. The predicted molar refractivity (Wildman–Crippen MR) is 66.4 cm³/mol. The average molecular weight is 262 g/mol. The number of hydrogen-bond donors (Lipinski definition) is 2. The molecule has 2 N–H and O–H groups in total. The molecule has 0 aromatic heterocycles. The Morgan fingerprint density at radius 1 is 1.24 bits per heavy atom. The van der Waals surface area contributed by atoms with Crippen molar-refractivity contribution in [2.75, 3.05) is 26.3 Å². The second-order valence-electron chi connectivity index (χ2n) is 4.88. The molecule has 1 saturated heterocycles. The van der Waals surface area contributed by atoms with Crippen LogP contribution >= 0.6 is 0 Å². The fourth-order valence-electron chi connectivity index (χ4n) is 2.46. The summed E-state index contributed by atoms with van der Waals surface area (Å²) in [4.78, 5) is 0. The lowest BCUT2D eigenvalue weighted by Crippen LogP contribution is -2.49. The van der Waals surface area contributed by atoms with Crippen LogP contribution in [0.15, 0.2) is 0 Å². The zero-order valence-electron chi connectivity index (χ0n) is 10.2. The minimum absolute atomic E-state index is 0.113. The summed E-state index contributed by atoms with van der Waals surface area (Å²) >= 11 is 0. The molecule has 2 rings (SSSR count). The van der Waals surface area contributed by atoms with Crippen LogP contribution in [0.1, 0.15) is 32.1 Å². The van der Waals surface area contributed by atoms with Crippen molar-refractivity contribution in [3.63, 3.8) is 0 Å². The zero-order chi connectivity index (χ0) is 12.1. The van der Waals surface area contributed by atoms with Crippen molar-refractivity contribution in [2.45, 2.75) is 43.4 Å². The van der Waals surface area contributed by atoms with Gasteiger partial charge in [-0.25, -0.2) is 13.1 Å². The second kappa shape index (κ2) is 6.13. The van der Waals surface area contributed by atoms with Crippen LogP contribution in [0.5, 0.6) is 0 Å². The first-order valence-corrected chi connectivity index (χ1v) is 8.03. The maximum Gasteiger partial charge on any atom is 0.214 e. The van der Waals surface area contributed by atoms with Gasteiger partial charge in [0, 0.05) is 19.1 Å². The van der Waals surface area contributed by atoms with E-state index in [0.29, 0.717) is 19.8 Å². The highest BCUT2D eigenvalue weighted by molar-refractivity contribution is 7.90. The summed E-state index contributed by atoms with van der Waals surface area (Å²) in [6, 6.07) is 0.113. The van der Waals surface area contributed by atoms with Gasteiger partial charge in [0.1, 0.15) is 0 Å². The monoisotopic (exact) mass is 262 g/mol. The Balaban J connectivity index is 1.79. The molecule has 5 nitrogen and oxygen atoms in total. The number of nitrogens with one attached hydrogen (secondary N) is 2. The molecule has 1 heterocycles. The largest absolute Gasteiger partial charge is 0.378 e. The quantitative estimate of drug-likeness (QED) is 0.761. The van der Waals surface area contributed by atoms with E-state index >= 15 is 0 Å². The molecule has 0 radical (unpaired) electrons. The zero-order valence-corrected chi connectivity index (χ0v) is 11.0. The van der Waals surface area contributed by atoms with Crippen LogP contribution in [-0.4, -0.2) is 46.0 Å². The van der Waals surface area contributed by atoms with Gasteiger partial charge in [0.15, 0.2) is 0 Å². The van der Waals surface area contributed by atoms with Crippen LogP contribution in [-0.2, 0) is 14.8 Å². The highest BCUT2D eigenvalue weighted by Crippen LogP contribution is 2.22. The number of morpholine rings is 1. The van der Waals surface area contributed by atoms with E-state index in [1.807, 2.05) is 0 Å². The van der Waals surface area contributed by atoms with Crippen LogP contribution < -0.4 is 10.0 Å². The number of ether oxygens (including phenoxy) is 1. The molecule has 0 bridgehead atoms. The molecule has 0 aromatic rings. The topological polar surface area (TPSA) is 67.4 Å².